The predicted molar refractivity (Wildman–Crippen MR) is 60.5 cm³/mol. The summed E-state index contributed by atoms with van der Waals surface area (Å²) in [5, 5.41) is 0. The summed E-state index contributed by atoms with van der Waals surface area (Å²) in [6.07, 6.45) is -5.44. The standard InChI is InChI=1S/C13H9F4NO/c14-9-4-6-11(7-5-9)19-12-3-1-2-10(18-12)8-13(15,16)17/h1-7H,8H2. The topological polar surface area (TPSA) is 22.1 Å². The van der Waals surface area contributed by atoms with Gasteiger partial charge in [0.05, 0.1) is 12.1 Å². The monoisotopic (exact) mass is 271 g/mol. The quantitative estimate of drug-likeness (QED) is 0.783. The zero-order valence-electron chi connectivity index (χ0n) is 9.62. The third-order valence-electron chi connectivity index (χ3n) is 2.20. The van der Waals surface area contributed by atoms with Gasteiger partial charge in [0.25, 0.3) is 0 Å². The lowest BCUT2D eigenvalue weighted by atomic mass is 10.2. The molecule has 0 atom stereocenters. The van der Waals surface area contributed by atoms with Crippen LogP contribution in [0.3, 0.4) is 0 Å². The summed E-state index contributed by atoms with van der Waals surface area (Å²) in [7, 11) is 0. The van der Waals surface area contributed by atoms with E-state index >= 15 is 0 Å². The molecular formula is C13H9F4NO. The Kier molecular flexibility index (Phi) is 3.69. The third kappa shape index (κ3) is 4.24. The Morgan fingerprint density at radius 1 is 1.00 bits per heavy atom. The molecular weight excluding hydrogens is 262 g/mol. The van der Waals surface area contributed by atoms with Gasteiger partial charge in [-0.3, -0.25) is 0 Å². The highest BCUT2D eigenvalue weighted by Gasteiger charge is 2.28. The second-order valence-corrected chi connectivity index (χ2v) is 3.82. The van der Waals surface area contributed by atoms with E-state index in [-0.39, 0.29) is 11.6 Å². The van der Waals surface area contributed by atoms with Crippen LogP contribution < -0.4 is 4.74 Å². The molecule has 0 amide bonds. The lowest BCUT2D eigenvalue weighted by Gasteiger charge is -2.08. The van der Waals surface area contributed by atoms with Crippen LogP contribution in [0.5, 0.6) is 11.6 Å². The van der Waals surface area contributed by atoms with Crippen LogP contribution in [0.15, 0.2) is 42.5 Å². The van der Waals surface area contributed by atoms with E-state index < -0.39 is 18.4 Å². The van der Waals surface area contributed by atoms with Crippen molar-refractivity contribution in [2.24, 2.45) is 0 Å². The maximum atomic E-state index is 12.7. The van der Waals surface area contributed by atoms with E-state index in [1.54, 1.807) is 0 Å². The molecule has 0 bridgehead atoms. The zero-order chi connectivity index (χ0) is 13.9. The van der Waals surface area contributed by atoms with Crippen LogP contribution in [-0.4, -0.2) is 11.2 Å². The molecule has 1 heterocycles. The molecule has 0 N–H and O–H groups in total. The number of pyridine rings is 1. The lowest BCUT2D eigenvalue weighted by Crippen LogP contribution is -2.12. The predicted octanol–water partition coefficient (Wildman–Crippen LogP) is 4.12. The molecule has 100 valence electrons. The number of ether oxygens (including phenoxy) is 1. The minimum Gasteiger partial charge on any atom is -0.439 e. The Bertz CT molecular complexity index is 551. The SMILES string of the molecule is Fc1ccc(Oc2cccc(CC(F)(F)F)n2)cc1. The maximum absolute atomic E-state index is 12.7. The second-order valence-electron chi connectivity index (χ2n) is 3.82. The van der Waals surface area contributed by atoms with Gasteiger partial charge in [-0.05, 0) is 30.3 Å². The lowest BCUT2D eigenvalue weighted by molar-refractivity contribution is -0.127. The number of hydrogen-bond donors (Lipinski definition) is 0. The highest BCUT2D eigenvalue weighted by molar-refractivity contribution is 5.27. The number of alkyl halides is 3. The van der Waals surface area contributed by atoms with E-state index in [4.69, 9.17) is 4.74 Å². The van der Waals surface area contributed by atoms with Crippen molar-refractivity contribution < 1.29 is 22.3 Å². The molecule has 2 aromatic rings. The number of halogens is 4. The smallest absolute Gasteiger partial charge is 0.394 e. The highest BCUT2D eigenvalue weighted by Crippen LogP contribution is 2.23. The van der Waals surface area contributed by atoms with Gasteiger partial charge in [0.2, 0.25) is 5.88 Å². The van der Waals surface area contributed by atoms with Gasteiger partial charge in [-0.1, -0.05) is 6.07 Å². The molecule has 0 aliphatic carbocycles. The van der Waals surface area contributed by atoms with Crippen LogP contribution in [0.1, 0.15) is 5.69 Å². The first kappa shape index (κ1) is 13.3. The van der Waals surface area contributed by atoms with Gasteiger partial charge in [-0.15, -0.1) is 0 Å². The van der Waals surface area contributed by atoms with E-state index in [1.807, 2.05) is 0 Å². The summed E-state index contributed by atoms with van der Waals surface area (Å²) in [5.41, 5.74) is -0.132. The maximum Gasteiger partial charge on any atom is 0.394 e. The van der Waals surface area contributed by atoms with E-state index in [0.29, 0.717) is 5.75 Å². The molecule has 0 aliphatic rings. The third-order valence-corrected chi connectivity index (χ3v) is 2.20. The van der Waals surface area contributed by atoms with Crippen LogP contribution in [-0.2, 0) is 6.42 Å². The minimum atomic E-state index is -4.32. The Balaban J connectivity index is 2.13. The highest BCUT2D eigenvalue weighted by atomic mass is 19.4. The fourth-order valence-corrected chi connectivity index (χ4v) is 1.44. The molecule has 0 aliphatic heterocycles. The van der Waals surface area contributed by atoms with E-state index in [1.165, 1.54) is 42.5 Å². The average molecular weight is 271 g/mol. The molecule has 0 fully saturated rings. The Morgan fingerprint density at radius 3 is 2.32 bits per heavy atom. The van der Waals surface area contributed by atoms with Gasteiger partial charge < -0.3 is 4.74 Å². The first-order valence-corrected chi connectivity index (χ1v) is 5.38. The molecule has 2 rings (SSSR count). The van der Waals surface area contributed by atoms with Gasteiger partial charge in [0.1, 0.15) is 11.6 Å². The summed E-state index contributed by atoms with van der Waals surface area (Å²) in [4.78, 5) is 3.74. The first-order chi connectivity index (χ1) is 8.92. The number of nitrogens with zero attached hydrogens (tertiary/aromatic N) is 1. The number of rotatable bonds is 3. The van der Waals surface area contributed by atoms with Crippen molar-refractivity contribution in [3.05, 3.63) is 54.0 Å². The Morgan fingerprint density at radius 2 is 1.68 bits per heavy atom. The van der Waals surface area contributed by atoms with Crippen molar-refractivity contribution in [3.63, 3.8) is 0 Å². The van der Waals surface area contributed by atoms with Crippen LogP contribution in [0.4, 0.5) is 17.6 Å². The van der Waals surface area contributed by atoms with Crippen molar-refractivity contribution in [1.29, 1.82) is 0 Å². The summed E-state index contributed by atoms with van der Waals surface area (Å²) < 4.78 is 54.6. The van der Waals surface area contributed by atoms with Gasteiger partial charge in [0, 0.05) is 6.07 Å². The van der Waals surface area contributed by atoms with Crippen LogP contribution in [0.25, 0.3) is 0 Å². The van der Waals surface area contributed by atoms with Crippen molar-refractivity contribution in [3.8, 4) is 11.6 Å². The number of aromatic nitrogens is 1. The van der Waals surface area contributed by atoms with Gasteiger partial charge in [-0.25, -0.2) is 9.37 Å². The minimum absolute atomic E-state index is 0.0355. The number of hydrogen-bond acceptors (Lipinski definition) is 2. The van der Waals surface area contributed by atoms with Gasteiger partial charge in [0.15, 0.2) is 0 Å². The van der Waals surface area contributed by atoms with Crippen LogP contribution >= 0.6 is 0 Å². The Hall–Kier alpha value is -2.11. The Labute approximate surface area is 106 Å². The fraction of sp³-hybridized carbons (Fsp3) is 0.154. The molecule has 0 saturated heterocycles. The van der Waals surface area contributed by atoms with Crippen molar-refractivity contribution >= 4 is 0 Å². The van der Waals surface area contributed by atoms with E-state index in [2.05, 4.69) is 4.98 Å². The summed E-state index contributed by atoms with van der Waals surface area (Å²) >= 11 is 0. The molecule has 0 spiro atoms. The summed E-state index contributed by atoms with van der Waals surface area (Å²) in [5.74, 6) is -0.0856. The van der Waals surface area contributed by atoms with Gasteiger partial charge >= 0.3 is 6.18 Å². The van der Waals surface area contributed by atoms with Gasteiger partial charge in [-0.2, -0.15) is 13.2 Å². The molecule has 1 aromatic carbocycles. The van der Waals surface area contributed by atoms with Crippen molar-refractivity contribution in [1.82, 2.24) is 4.98 Å². The van der Waals surface area contributed by atoms with Crippen molar-refractivity contribution in [2.75, 3.05) is 0 Å². The average Bonchev–Trinajstić information content (AvgIpc) is 2.30. The van der Waals surface area contributed by atoms with Crippen LogP contribution in [0.2, 0.25) is 0 Å². The molecule has 19 heavy (non-hydrogen) atoms. The molecule has 0 saturated carbocycles. The molecule has 1 aromatic heterocycles. The van der Waals surface area contributed by atoms with E-state index in [0.717, 1.165) is 0 Å². The van der Waals surface area contributed by atoms with E-state index in [9.17, 15) is 17.6 Å². The molecule has 0 unspecified atom stereocenters. The normalized spacial score (nSPS) is 11.4. The summed E-state index contributed by atoms with van der Waals surface area (Å²) in [6, 6.07) is 9.24. The molecule has 0 radical (unpaired) electrons. The molecule has 6 heteroatoms. The first-order valence-electron chi connectivity index (χ1n) is 5.38. The summed E-state index contributed by atoms with van der Waals surface area (Å²) in [6.45, 7) is 0. The molecule has 2 nitrogen and oxygen atoms in total. The second kappa shape index (κ2) is 5.26. The van der Waals surface area contributed by atoms with Crippen molar-refractivity contribution in [2.45, 2.75) is 12.6 Å². The fourth-order valence-electron chi connectivity index (χ4n) is 1.44. The largest absolute Gasteiger partial charge is 0.439 e. The number of benzene rings is 1. The van der Waals surface area contributed by atoms with Crippen LogP contribution in [0, 0.1) is 5.82 Å². The zero-order valence-corrected chi connectivity index (χ0v) is 9.62.